The molecule has 8 heteroatoms. The lowest BCUT2D eigenvalue weighted by atomic mass is 10.3. The van der Waals surface area contributed by atoms with Crippen LogP contribution in [0.1, 0.15) is 20.8 Å². The van der Waals surface area contributed by atoms with Gasteiger partial charge < -0.3 is 11.1 Å². The van der Waals surface area contributed by atoms with Gasteiger partial charge in [0, 0.05) is 12.4 Å². The second-order valence-electron chi connectivity index (χ2n) is 3.22. The lowest BCUT2D eigenvalue weighted by Gasteiger charge is -2.05. The Morgan fingerprint density at radius 2 is 2.29 bits per heavy atom. The van der Waals surface area contributed by atoms with Gasteiger partial charge in [0.25, 0.3) is 11.8 Å². The minimum absolute atomic E-state index is 0.163. The maximum Gasteiger partial charge on any atom is 0.276 e. The van der Waals surface area contributed by atoms with Crippen molar-refractivity contribution in [2.75, 3.05) is 5.32 Å². The van der Waals surface area contributed by atoms with Crippen molar-refractivity contribution < 1.29 is 9.59 Å². The van der Waals surface area contributed by atoms with Crippen LogP contribution in [0.5, 0.6) is 0 Å². The minimum atomic E-state index is -0.647. The first-order valence-electron chi connectivity index (χ1n) is 4.61. The van der Waals surface area contributed by atoms with E-state index in [-0.39, 0.29) is 17.1 Å². The third kappa shape index (κ3) is 2.16. The van der Waals surface area contributed by atoms with E-state index in [0.29, 0.717) is 0 Å². The Labute approximate surface area is 100 Å². The van der Waals surface area contributed by atoms with Crippen molar-refractivity contribution in [3.63, 3.8) is 0 Å². The number of aryl methyl sites for hydroxylation is 1. The van der Waals surface area contributed by atoms with Crippen LogP contribution in [0.2, 0.25) is 0 Å². The molecule has 17 heavy (non-hydrogen) atoms. The van der Waals surface area contributed by atoms with E-state index >= 15 is 0 Å². The predicted octanol–water partition coefficient (Wildman–Crippen LogP) is 0.228. The number of amides is 2. The molecule has 0 aliphatic carbocycles. The molecule has 2 amide bonds. The van der Waals surface area contributed by atoms with Gasteiger partial charge in [-0.2, -0.15) is 5.10 Å². The second-order valence-corrected chi connectivity index (χ2v) is 3.94. The van der Waals surface area contributed by atoms with Crippen LogP contribution < -0.4 is 11.1 Å². The number of carbonyl (C=O) groups excluding carboxylic acids is 2. The highest BCUT2D eigenvalue weighted by Crippen LogP contribution is 2.14. The normalized spacial score (nSPS) is 10.2. The van der Waals surface area contributed by atoms with E-state index in [1.807, 2.05) is 0 Å². The lowest BCUT2D eigenvalue weighted by molar-refractivity contribution is 0.100. The zero-order valence-corrected chi connectivity index (χ0v) is 9.69. The number of rotatable bonds is 3. The summed E-state index contributed by atoms with van der Waals surface area (Å²) < 4.78 is 1.37. The van der Waals surface area contributed by atoms with Gasteiger partial charge in [-0.05, 0) is 0 Å². The van der Waals surface area contributed by atoms with Crippen molar-refractivity contribution in [3.8, 4) is 0 Å². The van der Waals surface area contributed by atoms with Crippen LogP contribution in [0.3, 0.4) is 0 Å². The summed E-state index contributed by atoms with van der Waals surface area (Å²) in [5.41, 5.74) is 7.16. The van der Waals surface area contributed by atoms with Crippen LogP contribution in [0.25, 0.3) is 0 Å². The molecule has 2 heterocycles. The van der Waals surface area contributed by atoms with E-state index in [9.17, 15) is 9.59 Å². The quantitative estimate of drug-likeness (QED) is 0.814. The smallest absolute Gasteiger partial charge is 0.276 e. The topological polar surface area (TPSA) is 103 Å². The van der Waals surface area contributed by atoms with Crippen LogP contribution in [0, 0.1) is 0 Å². The van der Waals surface area contributed by atoms with Crippen molar-refractivity contribution in [1.29, 1.82) is 0 Å². The molecule has 0 saturated heterocycles. The number of hydrogen-bond acceptors (Lipinski definition) is 5. The average Bonchev–Trinajstić information content (AvgIpc) is 2.89. The first-order chi connectivity index (χ1) is 8.09. The Morgan fingerprint density at radius 1 is 1.53 bits per heavy atom. The molecule has 7 nitrogen and oxygen atoms in total. The number of thiazole rings is 1. The molecule has 0 saturated carbocycles. The molecule has 0 aromatic carbocycles. The molecule has 3 N–H and O–H groups in total. The Morgan fingerprint density at radius 3 is 2.88 bits per heavy atom. The van der Waals surface area contributed by atoms with Crippen molar-refractivity contribution in [2.45, 2.75) is 0 Å². The number of nitrogens with zero attached hydrogens (tertiary/aromatic N) is 3. The highest BCUT2D eigenvalue weighted by atomic mass is 32.1. The molecule has 0 aliphatic heterocycles. The number of aromatic nitrogens is 3. The highest BCUT2D eigenvalue weighted by Gasteiger charge is 2.17. The van der Waals surface area contributed by atoms with Gasteiger partial charge >= 0.3 is 0 Å². The van der Waals surface area contributed by atoms with E-state index < -0.39 is 11.8 Å². The van der Waals surface area contributed by atoms with Crippen molar-refractivity contribution in [1.82, 2.24) is 14.8 Å². The number of nitrogens with two attached hydrogens (primary N) is 1. The summed E-state index contributed by atoms with van der Waals surface area (Å²) in [6.07, 6.45) is 1.30. The number of primary amides is 1. The molecule has 0 radical (unpaired) electrons. The van der Waals surface area contributed by atoms with E-state index in [1.165, 1.54) is 22.2 Å². The van der Waals surface area contributed by atoms with E-state index in [0.717, 1.165) is 0 Å². The molecular formula is C9H9N5O2S. The number of nitrogens with one attached hydrogen (secondary N) is 1. The van der Waals surface area contributed by atoms with E-state index in [1.54, 1.807) is 17.9 Å². The van der Waals surface area contributed by atoms with Crippen LogP contribution in [0.4, 0.5) is 5.82 Å². The van der Waals surface area contributed by atoms with Gasteiger partial charge in [-0.15, -0.1) is 11.3 Å². The van der Waals surface area contributed by atoms with Gasteiger partial charge in [-0.3, -0.25) is 14.3 Å². The molecule has 2 aromatic heterocycles. The van der Waals surface area contributed by atoms with Gasteiger partial charge in [0.15, 0.2) is 0 Å². The Bertz CT molecular complexity index is 560. The molecule has 0 aliphatic rings. The van der Waals surface area contributed by atoms with Crippen LogP contribution in [0.15, 0.2) is 17.1 Å². The van der Waals surface area contributed by atoms with Gasteiger partial charge in [0.05, 0.1) is 11.7 Å². The molecule has 0 spiro atoms. The summed E-state index contributed by atoms with van der Waals surface area (Å²) in [4.78, 5) is 26.7. The number of carbonyl (C=O) groups is 2. The van der Waals surface area contributed by atoms with Crippen LogP contribution >= 0.6 is 11.3 Å². The van der Waals surface area contributed by atoms with Crippen molar-refractivity contribution in [2.24, 2.45) is 12.8 Å². The third-order valence-corrected chi connectivity index (χ3v) is 2.69. The zero-order chi connectivity index (χ0) is 12.4. The molecule has 2 aromatic rings. The van der Waals surface area contributed by atoms with E-state index in [4.69, 9.17) is 5.73 Å². The zero-order valence-electron chi connectivity index (χ0n) is 8.88. The Balaban J connectivity index is 2.27. The van der Waals surface area contributed by atoms with Gasteiger partial charge in [-0.1, -0.05) is 0 Å². The number of hydrogen-bond donors (Lipinski definition) is 2. The van der Waals surface area contributed by atoms with Crippen LogP contribution in [-0.2, 0) is 7.05 Å². The standard InChI is InChI=1S/C9H9N5O2S/c1-14-8(5(2-12-14)7(10)15)13-9(16)6-3-17-4-11-6/h2-4H,1H3,(H2,10,15)(H,13,16). The highest BCUT2D eigenvalue weighted by molar-refractivity contribution is 7.07. The first kappa shape index (κ1) is 11.3. The van der Waals surface area contributed by atoms with Crippen molar-refractivity contribution >= 4 is 29.0 Å². The predicted molar refractivity (Wildman–Crippen MR) is 61.8 cm³/mol. The fourth-order valence-electron chi connectivity index (χ4n) is 1.26. The Hall–Kier alpha value is -2.22. The van der Waals surface area contributed by atoms with Crippen molar-refractivity contribution in [3.05, 3.63) is 28.3 Å². The number of anilines is 1. The second kappa shape index (κ2) is 4.34. The maximum atomic E-state index is 11.7. The molecule has 88 valence electrons. The molecular weight excluding hydrogens is 242 g/mol. The first-order valence-corrected chi connectivity index (χ1v) is 5.55. The summed E-state index contributed by atoms with van der Waals surface area (Å²) in [6, 6.07) is 0. The SMILES string of the molecule is Cn1ncc(C(N)=O)c1NC(=O)c1cscn1. The fraction of sp³-hybridized carbons (Fsp3) is 0.111. The minimum Gasteiger partial charge on any atom is -0.365 e. The maximum absolute atomic E-state index is 11.7. The molecule has 0 bridgehead atoms. The summed E-state index contributed by atoms with van der Waals surface area (Å²) in [6.45, 7) is 0. The average molecular weight is 251 g/mol. The van der Waals surface area contributed by atoms with Crippen LogP contribution in [-0.4, -0.2) is 26.6 Å². The third-order valence-electron chi connectivity index (χ3n) is 2.10. The summed E-state index contributed by atoms with van der Waals surface area (Å²) in [5, 5.41) is 8.01. The lowest BCUT2D eigenvalue weighted by Crippen LogP contribution is -2.19. The van der Waals surface area contributed by atoms with Gasteiger partial charge in [0.2, 0.25) is 0 Å². The fourth-order valence-corrected chi connectivity index (χ4v) is 1.79. The summed E-state index contributed by atoms with van der Waals surface area (Å²) in [5.74, 6) is -0.792. The largest absolute Gasteiger partial charge is 0.365 e. The monoisotopic (exact) mass is 251 g/mol. The van der Waals surface area contributed by atoms with E-state index in [2.05, 4.69) is 15.4 Å². The molecule has 0 unspecified atom stereocenters. The summed E-state index contributed by atoms with van der Waals surface area (Å²) in [7, 11) is 1.60. The summed E-state index contributed by atoms with van der Waals surface area (Å²) >= 11 is 1.31. The Kier molecular flexibility index (Phi) is 2.88. The van der Waals surface area contributed by atoms with Gasteiger partial charge in [0.1, 0.15) is 17.1 Å². The van der Waals surface area contributed by atoms with Gasteiger partial charge in [-0.25, -0.2) is 4.98 Å². The molecule has 0 atom stereocenters. The molecule has 0 fully saturated rings. The molecule has 2 rings (SSSR count).